The van der Waals surface area contributed by atoms with Crippen molar-refractivity contribution >= 4 is 23.2 Å². The van der Waals surface area contributed by atoms with Crippen LogP contribution in [0.4, 0.5) is 0 Å². The minimum absolute atomic E-state index is 0.343. The summed E-state index contributed by atoms with van der Waals surface area (Å²) in [6, 6.07) is 5.44. The van der Waals surface area contributed by atoms with Crippen LogP contribution in [0.3, 0.4) is 0 Å². The first kappa shape index (κ1) is 12.4. The topological polar surface area (TPSA) is 56.7 Å². The molecule has 0 spiro atoms. The zero-order valence-electron chi connectivity index (χ0n) is 9.32. The van der Waals surface area contributed by atoms with Crippen LogP contribution in [0.5, 0.6) is 0 Å². The maximum absolute atomic E-state index is 6.01. The van der Waals surface area contributed by atoms with Gasteiger partial charge in [-0.2, -0.15) is 0 Å². The van der Waals surface area contributed by atoms with Crippen LogP contribution in [0.25, 0.3) is 11.3 Å². The monoisotopic (exact) mass is 270 g/mol. The van der Waals surface area contributed by atoms with Gasteiger partial charge in [-0.15, -0.1) is 5.10 Å². The molecule has 1 heterocycles. The Morgan fingerprint density at radius 3 is 2.65 bits per heavy atom. The second kappa shape index (κ2) is 5.04. The Kier molecular flexibility index (Phi) is 3.66. The van der Waals surface area contributed by atoms with Crippen molar-refractivity contribution in [2.45, 2.75) is 20.0 Å². The van der Waals surface area contributed by atoms with E-state index in [4.69, 9.17) is 28.9 Å². The fourth-order valence-corrected chi connectivity index (χ4v) is 1.97. The van der Waals surface area contributed by atoms with Gasteiger partial charge in [0.15, 0.2) is 0 Å². The molecular weight excluding hydrogens is 259 g/mol. The van der Waals surface area contributed by atoms with Gasteiger partial charge in [-0.1, -0.05) is 34.5 Å². The lowest BCUT2D eigenvalue weighted by Crippen LogP contribution is -2.02. The van der Waals surface area contributed by atoms with Crippen molar-refractivity contribution < 1.29 is 0 Å². The van der Waals surface area contributed by atoms with Crippen LogP contribution >= 0.6 is 23.2 Å². The first-order valence-electron chi connectivity index (χ1n) is 5.25. The van der Waals surface area contributed by atoms with E-state index >= 15 is 0 Å². The van der Waals surface area contributed by atoms with Crippen molar-refractivity contribution in [1.82, 2.24) is 15.0 Å². The fourth-order valence-electron chi connectivity index (χ4n) is 1.67. The number of benzene rings is 1. The molecule has 0 radical (unpaired) electrons. The van der Waals surface area contributed by atoms with E-state index in [-0.39, 0.29) is 0 Å². The van der Waals surface area contributed by atoms with Gasteiger partial charge in [0.2, 0.25) is 0 Å². The molecular formula is C11H12Cl2N4. The van der Waals surface area contributed by atoms with Crippen molar-refractivity contribution in [2.24, 2.45) is 5.73 Å². The van der Waals surface area contributed by atoms with Crippen molar-refractivity contribution in [3.05, 3.63) is 33.9 Å². The molecule has 0 atom stereocenters. The van der Waals surface area contributed by atoms with Gasteiger partial charge in [-0.3, -0.25) is 0 Å². The molecule has 2 rings (SSSR count). The van der Waals surface area contributed by atoms with Crippen LogP contribution in [0.2, 0.25) is 10.0 Å². The summed E-state index contributed by atoms with van der Waals surface area (Å²) in [4.78, 5) is 0. The lowest BCUT2D eigenvalue weighted by Gasteiger charge is -2.06. The predicted molar refractivity (Wildman–Crippen MR) is 69.0 cm³/mol. The van der Waals surface area contributed by atoms with E-state index < -0.39 is 0 Å². The van der Waals surface area contributed by atoms with Gasteiger partial charge >= 0.3 is 0 Å². The van der Waals surface area contributed by atoms with Gasteiger partial charge in [0.1, 0.15) is 5.69 Å². The molecule has 17 heavy (non-hydrogen) atoms. The van der Waals surface area contributed by atoms with E-state index in [9.17, 15) is 0 Å². The van der Waals surface area contributed by atoms with Crippen LogP contribution in [0, 0.1) is 0 Å². The fraction of sp³-hybridized carbons (Fsp3) is 0.273. The van der Waals surface area contributed by atoms with E-state index in [1.807, 2.05) is 13.0 Å². The lowest BCUT2D eigenvalue weighted by molar-refractivity contribution is 0.632. The Bertz CT molecular complexity index is 515. The molecule has 0 aliphatic heterocycles. The molecule has 2 N–H and O–H groups in total. The Balaban J connectivity index is 2.58. The number of hydrogen-bond acceptors (Lipinski definition) is 3. The lowest BCUT2D eigenvalue weighted by atomic mass is 10.1. The number of aromatic nitrogens is 3. The van der Waals surface area contributed by atoms with Crippen LogP contribution < -0.4 is 5.73 Å². The molecule has 0 amide bonds. The van der Waals surface area contributed by atoms with E-state index in [0.29, 0.717) is 16.6 Å². The summed E-state index contributed by atoms with van der Waals surface area (Å²) < 4.78 is 1.79. The molecule has 0 unspecified atom stereocenters. The number of hydrogen-bond donors (Lipinski definition) is 1. The maximum atomic E-state index is 6.01. The van der Waals surface area contributed by atoms with Crippen molar-refractivity contribution in [3.8, 4) is 11.3 Å². The first-order valence-corrected chi connectivity index (χ1v) is 6.00. The SMILES string of the molecule is CCn1nnc(CN)c1-c1ccc(Cl)c(Cl)c1. The number of aryl methyl sites for hydroxylation is 1. The number of halogens is 2. The Morgan fingerprint density at radius 2 is 2.06 bits per heavy atom. The van der Waals surface area contributed by atoms with Crippen LogP contribution in [-0.2, 0) is 13.1 Å². The van der Waals surface area contributed by atoms with Gasteiger partial charge in [0, 0.05) is 18.7 Å². The smallest absolute Gasteiger partial charge is 0.104 e. The van der Waals surface area contributed by atoms with E-state index in [1.165, 1.54) is 0 Å². The molecule has 2 aromatic rings. The molecule has 0 bridgehead atoms. The normalized spacial score (nSPS) is 10.8. The van der Waals surface area contributed by atoms with Gasteiger partial charge in [0.25, 0.3) is 0 Å². The Morgan fingerprint density at radius 1 is 1.29 bits per heavy atom. The van der Waals surface area contributed by atoms with Crippen molar-refractivity contribution in [2.75, 3.05) is 0 Å². The average Bonchev–Trinajstić information content (AvgIpc) is 2.75. The zero-order valence-corrected chi connectivity index (χ0v) is 10.8. The van der Waals surface area contributed by atoms with Crippen molar-refractivity contribution in [3.63, 3.8) is 0 Å². The quantitative estimate of drug-likeness (QED) is 0.933. The number of rotatable bonds is 3. The molecule has 0 aliphatic rings. The maximum Gasteiger partial charge on any atom is 0.104 e. The highest BCUT2D eigenvalue weighted by Gasteiger charge is 2.13. The van der Waals surface area contributed by atoms with Gasteiger partial charge in [-0.05, 0) is 19.1 Å². The van der Waals surface area contributed by atoms with Crippen LogP contribution in [0.1, 0.15) is 12.6 Å². The molecule has 0 saturated carbocycles. The van der Waals surface area contributed by atoms with Gasteiger partial charge in [0.05, 0.1) is 15.7 Å². The number of nitrogens with two attached hydrogens (primary N) is 1. The molecule has 90 valence electrons. The second-order valence-electron chi connectivity index (χ2n) is 3.53. The summed E-state index contributed by atoms with van der Waals surface area (Å²) in [6.07, 6.45) is 0. The Hall–Kier alpha value is -1.10. The average molecular weight is 271 g/mol. The molecule has 0 aliphatic carbocycles. The molecule has 1 aromatic carbocycles. The van der Waals surface area contributed by atoms with Gasteiger partial charge < -0.3 is 5.73 Å². The first-order chi connectivity index (χ1) is 8.17. The zero-order chi connectivity index (χ0) is 12.4. The molecule has 1 aromatic heterocycles. The summed E-state index contributed by atoms with van der Waals surface area (Å²) in [5, 5.41) is 9.13. The minimum atomic E-state index is 0.343. The van der Waals surface area contributed by atoms with Gasteiger partial charge in [-0.25, -0.2) is 4.68 Å². The molecule has 4 nitrogen and oxygen atoms in total. The third-order valence-corrected chi connectivity index (χ3v) is 3.23. The third kappa shape index (κ3) is 2.29. The minimum Gasteiger partial charge on any atom is -0.325 e. The summed E-state index contributed by atoms with van der Waals surface area (Å²) >= 11 is 11.9. The largest absolute Gasteiger partial charge is 0.325 e. The summed E-state index contributed by atoms with van der Waals surface area (Å²) in [7, 11) is 0. The highest BCUT2D eigenvalue weighted by Crippen LogP contribution is 2.29. The van der Waals surface area contributed by atoms with E-state index in [1.54, 1.807) is 16.8 Å². The van der Waals surface area contributed by atoms with Crippen molar-refractivity contribution in [1.29, 1.82) is 0 Å². The second-order valence-corrected chi connectivity index (χ2v) is 4.35. The van der Waals surface area contributed by atoms with Crippen LogP contribution in [-0.4, -0.2) is 15.0 Å². The summed E-state index contributed by atoms with van der Waals surface area (Å²) in [6.45, 7) is 3.06. The van der Waals surface area contributed by atoms with E-state index in [2.05, 4.69) is 10.3 Å². The summed E-state index contributed by atoms with van der Waals surface area (Å²) in [5.74, 6) is 0. The van der Waals surface area contributed by atoms with Crippen LogP contribution in [0.15, 0.2) is 18.2 Å². The highest BCUT2D eigenvalue weighted by molar-refractivity contribution is 6.42. The number of nitrogens with zero attached hydrogens (tertiary/aromatic N) is 3. The standard InChI is InChI=1S/C11H12Cl2N4/c1-2-17-11(10(6-14)15-16-17)7-3-4-8(12)9(13)5-7/h3-5H,2,6,14H2,1H3. The van der Waals surface area contributed by atoms with E-state index in [0.717, 1.165) is 23.5 Å². The third-order valence-electron chi connectivity index (χ3n) is 2.49. The Labute approximate surface area is 109 Å². The predicted octanol–water partition coefficient (Wildman–Crippen LogP) is 2.73. The highest BCUT2D eigenvalue weighted by atomic mass is 35.5. The summed E-state index contributed by atoms with van der Waals surface area (Å²) in [5.41, 5.74) is 8.22. The molecule has 0 fully saturated rings. The molecule has 6 heteroatoms. The molecule has 0 saturated heterocycles.